The van der Waals surface area contributed by atoms with E-state index in [9.17, 15) is 0 Å². The van der Waals surface area contributed by atoms with Crippen molar-refractivity contribution in [2.75, 3.05) is 20.2 Å². The number of hydrogen-bond donors (Lipinski definition) is 2. The van der Waals surface area contributed by atoms with Crippen molar-refractivity contribution in [1.29, 1.82) is 0 Å². The number of hydrogen-bond acceptors (Lipinski definition) is 5. The molecule has 0 radical (unpaired) electrons. The van der Waals surface area contributed by atoms with Gasteiger partial charge in [-0.15, -0.1) is 10.2 Å². The maximum atomic E-state index is 5.94. The van der Waals surface area contributed by atoms with Crippen molar-refractivity contribution in [1.82, 2.24) is 25.2 Å². The maximum absolute atomic E-state index is 5.94. The van der Waals surface area contributed by atoms with E-state index in [1.807, 2.05) is 66.9 Å². The topological polar surface area (TPSA) is 85.1 Å². The molecule has 0 amide bonds. The van der Waals surface area contributed by atoms with Crippen molar-refractivity contribution in [2.24, 2.45) is 4.99 Å². The Morgan fingerprint density at radius 1 is 1.14 bits per heavy atom. The Labute approximate surface area is 164 Å². The lowest BCUT2D eigenvalue weighted by Gasteiger charge is -2.18. The second-order valence-electron chi connectivity index (χ2n) is 6.23. The van der Waals surface area contributed by atoms with Gasteiger partial charge in [-0.25, -0.2) is 4.99 Å². The second kappa shape index (κ2) is 9.59. The van der Waals surface area contributed by atoms with Crippen molar-refractivity contribution >= 4 is 11.6 Å². The third kappa shape index (κ3) is 5.12. The molecule has 0 saturated carbocycles. The van der Waals surface area contributed by atoms with E-state index in [1.165, 1.54) is 0 Å². The van der Waals surface area contributed by atoms with Gasteiger partial charge in [-0.3, -0.25) is 4.40 Å². The van der Waals surface area contributed by atoms with Crippen LogP contribution in [0.25, 0.3) is 5.65 Å². The van der Waals surface area contributed by atoms with E-state index in [1.54, 1.807) is 7.11 Å². The molecular weight excluding hydrogens is 356 g/mol. The van der Waals surface area contributed by atoms with Crippen LogP contribution < -0.4 is 20.1 Å². The average molecular weight is 382 g/mol. The van der Waals surface area contributed by atoms with Crippen molar-refractivity contribution < 1.29 is 9.47 Å². The lowest BCUT2D eigenvalue weighted by Crippen LogP contribution is -2.41. The molecule has 28 heavy (non-hydrogen) atoms. The van der Waals surface area contributed by atoms with Crippen LogP contribution in [-0.2, 0) is 6.54 Å². The molecule has 0 bridgehead atoms. The fraction of sp³-hybridized carbons (Fsp3) is 0.350. The highest BCUT2D eigenvalue weighted by atomic mass is 16.5. The van der Waals surface area contributed by atoms with Gasteiger partial charge >= 0.3 is 0 Å². The number of nitrogens with zero attached hydrogens (tertiary/aromatic N) is 4. The van der Waals surface area contributed by atoms with Crippen LogP contribution >= 0.6 is 0 Å². The molecule has 8 nitrogen and oxygen atoms in total. The summed E-state index contributed by atoms with van der Waals surface area (Å²) in [6.07, 6.45) is 1.88. The summed E-state index contributed by atoms with van der Waals surface area (Å²) >= 11 is 0. The van der Waals surface area contributed by atoms with Crippen molar-refractivity contribution in [3.8, 4) is 11.5 Å². The minimum atomic E-state index is -0.0510. The molecule has 0 saturated heterocycles. The van der Waals surface area contributed by atoms with E-state index in [2.05, 4.69) is 25.8 Å². The predicted molar refractivity (Wildman–Crippen MR) is 109 cm³/mol. The summed E-state index contributed by atoms with van der Waals surface area (Å²) in [7, 11) is 1.64. The van der Waals surface area contributed by atoms with Gasteiger partial charge in [0.05, 0.1) is 13.7 Å². The SMILES string of the molecule is CCNC(=NCc1nnc2ccccn12)NCC(C)Oc1cccc(OC)c1. The van der Waals surface area contributed by atoms with E-state index >= 15 is 0 Å². The number of aromatic nitrogens is 3. The first kappa shape index (κ1) is 19.5. The standard InChI is InChI=1S/C20H26N6O2/c1-4-21-20(23-14-19-25-24-18-10-5-6-11-26(18)19)22-13-15(2)28-17-9-7-8-16(12-17)27-3/h5-12,15H,4,13-14H2,1-3H3,(H2,21,22,23). The van der Waals surface area contributed by atoms with Gasteiger partial charge in [0, 0.05) is 18.8 Å². The first-order valence-corrected chi connectivity index (χ1v) is 9.31. The third-order valence-corrected chi connectivity index (χ3v) is 4.04. The number of guanidine groups is 1. The Bertz CT molecular complexity index is 924. The molecule has 1 atom stereocenters. The Balaban J connectivity index is 1.58. The molecule has 0 fully saturated rings. The summed E-state index contributed by atoms with van der Waals surface area (Å²) in [6.45, 7) is 5.81. The number of pyridine rings is 1. The van der Waals surface area contributed by atoms with E-state index in [0.717, 1.165) is 29.5 Å². The third-order valence-electron chi connectivity index (χ3n) is 4.04. The van der Waals surface area contributed by atoms with Gasteiger partial charge in [0.25, 0.3) is 0 Å². The number of fused-ring (bicyclic) bond motifs is 1. The molecule has 0 aliphatic rings. The molecular formula is C20H26N6O2. The zero-order chi connectivity index (χ0) is 19.8. The predicted octanol–water partition coefficient (Wildman–Crippen LogP) is 2.26. The monoisotopic (exact) mass is 382 g/mol. The molecule has 3 aromatic rings. The number of aliphatic imine (C=N–C) groups is 1. The Kier molecular flexibility index (Phi) is 6.67. The largest absolute Gasteiger partial charge is 0.497 e. The van der Waals surface area contributed by atoms with Crippen LogP contribution in [0.2, 0.25) is 0 Å². The van der Waals surface area contributed by atoms with Crippen LogP contribution in [-0.4, -0.2) is 46.9 Å². The summed E-state index contributed by atoms with van der Waals surface area (Å²) in [6, 6.07) is 13.4. The van der Waals surface area contributed by atoms with Crippen molar-refractivity contribution in [3.63, 3.8) is 0 Å². The van der Waals surface area contributed by atoms with Gasteiger partial charge in [-0.05, 0) is 38.1 Å². The molecule has 2 N–H and O–H groups in total. The van der Waals surface area contributed by atoms with E-state index in [4.69, 9.17) is 9.47 Å². The smallest absolute Gasteiger partial charge is 0.191 e. The molecule has 0 aliphatic carbocycles. The van der Waals surface area contributed by atoms with Crippen molar-refractivity contribution in [2.45, 2.75) is 26.5 Å². The molecule has 2 aromatic heterocycles. The minimum Gasteiger partial charge on any atom is -0.497 e. The first-order chi connectivity index (χ1) is 13.7. The van der Waals surface area contributed by atoms with Gasteiger partial charge < -0.3 is 20.1 Å². The molecule has 1 aromatic carbocycles. The summed E-state index contributed by atoms with van der Waals surface area (Å²) in [5.74, 6) is 3.03. The van der Waals surface area contributed by atoms with Crippen LogP contribution in [0.4, 0.5) is 0 Å². The number of rotatable bonds is 8. The second-order valence-corrected chi connectivity index (χ2v) is 6.23. The van der Waals surface area contributed by atoms with Gasteiger partial charge in [0.2, 0.25) is 0 Å². The molecule has 8 heteroatoms. The Hall–Kier alpha value is -3.29. The maximum Gasteiger partial charge on any atom is 0.191 e. The van der Waals surface area contributed by atoms with Gasteiger partial charge in [0.15, 0.2) is 17.4 Å². The van der Waals surface area contributed by atoms with E-state index in [0.29, 0.717) is 19.0 Å². The van der Waals surface area contributed by atoms with E-state index < -0.39 is 0 Å². The zero-order valence-electron chi connectivity index (χ0n) is 16.4. The van der Waals surface area contributed by atoms with Gasteiger partial charge in [-0.1, -0.05) is 12.1 Å². The molecule has 148 valence electrons. The quantitative estimate of drug-likeness (QED) is 0.459. The van der Waals surface area contributed by atoms with Crippen LogP contribution in [0.1, 0.15) is 19.7 Å². The first-order valence-electron chi connectivity index (χ1n) is 9.31. The molecule has 3 rings (SSSR count). The van der Waals surface area contributed by atoms with Crippen LogP contribution in [0, 0.1) is 0 Å². The summed E-state index contributed by atoms with van der Waals surface area (Å²) in [5.41, 5.74) is 0.811. The van der Waals surface area contributed by atoms with Crippen LogP contribution in [0.15, 0.2) is 53.7 Å². The molecule has 2 heterocycles. The van der Waals surface area contributed by atoms with Gasteiger partial charge in [-0.2, -0.15) is 0 Å². The van der Waals surface area contributed by atoms with Gasteiger partial charge in [0.1, 0.15) is 24.1 Å². The average Bonchev–Trinajstić information content (AvgIpc) is 3.13. The van der Waals surface area contributed by atoms with Crippen molar-refractivity contribution in [3.05, 3.63) is 54.5 Å². The number of benzene rings is 1. The number of ether oxygens (including phenoxy) is 2. The highest BCUT2D eigenvalue weighted by Crippen LogP contribution is 2.19. The summed E-state index contributed by atoms with van der Waals surface area (Å²) in [4.78, 5) is 4.61. The highest BCUT2D eigenvalue weighted by Gasteiger charge is 2.08. The zero-order valence-corrected chi connectivity index (χ0v) is 16.4. The summed E-state index contributed by atoms with van der Waals surface area (Å²) in [5, 5.41) is 14.9. The fourth-order valence-corrected chi connectivity index (χ4v) is 2.68. The summed E-state index contributed by atoms with van der Waals surface area (Å²) < 4.78 is 13.1. The van der Waals surface area contributed by atoms with Crippen LogP contribution in [0.5, 0.6) is 11.5 Å². The molecule has 0 spiro atoms. The fourth-order valence-electron chi connectivity index (χ4n) is 2.68. The Morgan fingerprint density at radius 2 is 2.00 bits per heavy atom. The number of methoxy groups -OCH3 is 1. The minimum absolute atomic E-state index is 0.0510. The van der Waals surface area contributed by atoms with E-state index in [-0.39, 0.29) is 6.10 Å². The number of nitrogens with one attached hydrogen (secondary N) is 2. The normalized spacial score (nSPS) is 12.6. The molecule has 1 unspecified atom stereocenters. The molecule has 0 aliphatic heterocycles. The Morgan fingerprint density at radius 3 is 2.82 bits per heavy atom. The lowest BCUT2D eigenvalue weighted by atomic mass is 10.3. The van der Waals surface area contributed by atoms with Crippen LogP contribution in [0.3, 0.4) is 0 Å². The lowest BCUT2D eigenvalue weighted by molar-refractivity contribution is 0.223. The highest BCUT2D eigenvalue weighted by molar-refractivity contribution is 5.79.